The molecular weight excluding hydrogens is 538 g/mol. The molecule has 43 heavy (non-hydrogen) atoms. The molecule has 3 aromatic rings. The fourth-order valence-electron chi connectivity index (χ4n) is 4.78. The zero-order chi connectivity index (χ0) is 31.0. The van der Waals surface area contributed by atoms with Crippen molar-refractivity contribution < 1.29 is 14.4 Å². The van der Waals surface area contributed by atoms with E-state index in [4.69, 9.17) is 5.73 Å². The van der Waals surface area contributed by atoms with Gasteiger partial charge in [0, 0.05) is 48.4 Å². The highest BCUT2D eigenvalue weighted by Gasteiger charge is 2.21. The van der Waals surface area contributed by atoms with Crippen molar-refractivity contribution in [3.63, 3.8) is 0 Å². The van der Waals surface area contributed by atoms with Gasteiger partial charge < -0.3 is 21.3 Å². The van der Waals surface area contributed by atoms with Gasteiger partial charge in [0.25, 0.3) is 5.91 Å². The van der Waals surface area contributed by atoms with Crippen LogP contribution in [0, 0.1) is 0 Å². The van der Waals surface area contributed by atoms with Gasteiger partial charge in [0.2, 0.25) is 12.3 Å². The fourth-order valence-corrected chi connectivity index (χ4v) is 4.78. The summed E-state index contributed by atoms with van der Waals surface area (Å²) in [6.45, 7) is 8.06. The molecule has 0 saturated heterocycles. The summed E-state index contributed by atoms with van der Waals surface area (Å²) in [4.78, 5) is 42.8. The maximum Gasteiger partial charge on any atom is 0.255 e. The van der Waals surface area contributed by atoms with Crippen LogP contribution in [0.25, 0.3) is 6.08 Å². The van der Waals surface area contributed by atoms with Crippen LogP contribution in [0.2, 0.25) is 0 Å². The molecule has 0 fully saturated rings. The lowest BCUT2D eigenvalue weighted by molar-refractivity contribution is -0.127. The molecule has 0 unspecified atom stereocenters. The lowest BCUT2D eigenvalue weighted by atomic mass is 10.0. The summed E-state index contributed by atoms with van der Waals surface area (Å²) in [5, 5.41) is 5.47. The second-order valence-corrected chi connectivity index (χ2v) is 10.4. The molecule has 226 valence electrons. The minimum absolute atomic E-state index is 0.0273. The smallest absolute Gasteiger partial charge is 0.255 e. The third kappa shape index (κ3) is 10.3. The van der Waals surface area contributed by atoms with Gasteiger partial charge in [0.15, 0.2) is 0 Å². The van der Waals surface area contributed by atoms with E-state index in [1.807, 2.05) is 37.0 Å². The summed E-state index contributed by atoms with van der Waals surface area (Å²) in [6.07, 6.45) is 6.93. The molecule has 1 aliphatic rings. The summed E-state index contributed by atoms with van der Waals surface area (Å²) in [7, 11) is 0. The van der Waals surface area contributed by atoms with Crippen molar-refractivity contribution in [2.75, 3.05) is 18.4 Å². The zero-order valence-corrected chi connectivity index (χ0v) is 25.4. The molecule has 3 amide bonds. The van der Waals surface area contributed by atoms with Crippen molar-refractivity contribution in [2.24, 2.45) is 10.7 Å². The maximum absolute atomic E-state index is 13.1. The van der Waals surface area contributed by atoms with Gasteiger partial charge in [0.1, 0.15) is 5.84 Å². The number of hydrogen-bond acceptors (Lipinski definition) is 5. The number of nitrogens with zero attached hydrogens (tertiary/aromatic N) is 2. The third-order valence-electron chi connectivity index (χ3n) is 6.76. The van der Waals surface area contributed by atoms with Gasteiger partial charge in [-0.2, -0.15) is 0 Å². The molecular formula is C35H43N5O3. The van der Waals surface area contributed by atoms with Crippen LogP contribution in [0.4, 0.5) is 11.4 Å². The van der Waals surface area contributed by atoms with Gasteiger partial charge in [0.05, 0.1) is 5.69 Å². The van der Waals surface area contributed by atoms with Gasteiger partial charge in [-0.1, -0.05) is 75.7 Å². The second-order valence-electron chi connectivity index (χ2n) is 10.4. The number of hydrogen-bond donors (Lipinski definition) is 3. The standard InChI is InChI=1S/C26H31N5O3.C9H12/c1-3-10-31(11-4-2)26(34)21-13-19-8-9-20(14-23(19)30-24(27)15-21)25(33)29-22-7-5-6-18(12-22)16-28-17-32;1-2-6-9-7-4-3-5-8-9/h5-9,12-14,17H,3-4,10-11,15-16H2,1-2H3,(H2,27,30)(H,28,32)(H,29,33);3-5,7-8H,2,6H2,1H3. The van der Waals surface area contributed by atoms with Crippen LogP contribution in [0.1, 0.15) is 73.5 Å². The molecule has 1 heterocycles. The number of aliphatic imine (C=N–C) groups is 1. The van der Waals surface area contributed by atoms with E-state index in [0.29, 0.717) is 54.4 Å². The van der Waals surface area contributed by atoms with E-state index in [1.54, 1.807) is 30.3 Å². The van der Waals surface area contributed by atoms with E-state index in [9.17, 15) is 14.4 Å². The Morgan fingerprint density at radius 3 is 2.30 bits per heavy atom. The van der Waals surface area contributed by atoms with Crippen molar-refractivity contribution in [1.82, 2.24) is 10.2 Å². The fraction of sp³-hybridized carbons (Fsp3) is 0.314. The Bertz CT molecular complexity index is 1430. The number of amidine groups is 1. The van der Waals surface area contributed by atoms with E-state index in [0.717, 1.165) is 24.0 Å². The number of aryl methyl sites for hydroxylation is 1. The molecule has 1 aliphatic heterocycles. The van der Waals surface area contributed by atoms with E-state index in [2.05, 4.69) is 52.9 Å². The predicted octanol–water partition coefficient (Wildman–Crippen LogP) is 6.25. The monoisotopic (exact) mass is 581 g/mol. The first-order chi connectivity index (χ1) is 20.9. The highest BCUT2D eigenvalue weighted by atomic mass is 16.2. The average Bonchev–Trinajstić information content (AvgIpc) is 3.18. The molecule has 0 aliphatic carbocycles. The first-order valence-corrected chi connectivity index (χ1v) is 15.0. The van der Waals surface area contributed by atoms with E-state index >= 15 is 0 Å². The van der Waals surface area contributed by atoms with Crippen molar-refractivity contribution >= 4 is 41.5 Å². The lowest BCUT2D eigenvalue weighted by Crippen LogP contribution is -2.34. The van der Waals surface area contributed by atoms with Crippen molar-refractivity contribution in [2.45, 2.75) is 59.4 Å². The summed E-state index contributed by atoms with van der Waals surface area (Å²) < 4.78 is 0. The molecule has 3 aromatic carbocycles. The number of nitrogens with two attached hydrogens (primary N) is 1. The predicted molar refractivity (Wildman–Crippen MR) is 175 cm³/mol. The molecule has 8 heteroatoms. The van der Waals surface area contributed by atoms with Gasteiger partial charge in [-0.05, 0) is 60.7 Å². The van der Waals surface area contributed by atoms with Crippen LogP contribution in [0.15, 0.2) is 83.4 Å². The highest BCUT2D eigenvalue weighted by molar-refractivity contribution is 6.08. The van der Waals surface area contributed by atoms with Crippen molar-refractivity contribution in [3.8, 4) is 0 Å². The molecule has 0 spiro atoms. The highest BCUT2D eigenvalue weighted by Crippen LogP contribution is 2.29. The molecule has 4 rings (SSSR count). The van der Waals surface area contributed by atoms with Gasteiger partial charge in [-0.25, -0.2) is 4.99 Å². The van der Waals surface area contributed by atoms with Crippen molar-refractivity contribution in [1.29, 1.82) is 0 Å². The average molecular weight is 582 g/mol. The number of rotatable bonds is 12. The third-order valence-corrected chi connectivity index (χ3v) is 6.76. The summed E-state index contributed by atoms with van der Waals surface area (Å²) in [5.74, 6) is 0.0124. The maximum atomic E-state index is 13.1. The van der Waals surface area contributed by atoms with Crippen LogP contribution in [-0.4, -0.2) is 42.0 Å². The Hall–Kier alpha value is -4.72. The van der Waals surface area contributed by atoms with E-state index < -0.39 is 0 Å². The number of carbonyl (C=O) groups is 3. The minimum Gasteiger partial charge on any atom is -0.387 e. The molecule has 4 N–H and O–H groups in total. The molecule has 0 bridgehead atoms. The minimum atomic E-state index is -0.293. The van der Waals surface area contributed by atoms with Crippen LogP contribution >= 0.6 is 0 Å². The van der Waals surface area contributed by atoms with Gasteiger partial charge in [-0.3, -0.25) is 14.4 Å². The van der Waals surface area contributed by atoms with Gasteiger partial charge >= 0.3 is 0 Å². The molecule has 0 radical (unpaired) electrons. The number of amides is 3. The van der Waals surface area contributed by atoms with Crippen LogP contribution < -0.4 is 16.4 Å². The first-order valence-electron chi connectivity index (χ1n) is 15.0. The summed E-state index contributed by atoms with van der Waals surface area (Å²) in [5.41, 5.74) is 11.4. The lowest BCUT2D eigenvalue weighted by Gasteiger charge is -2.22. The number of benzene rings is 3. The second kappa shape index (κ2) is 17.3. The first kappa shape index (κ1) is 32.8. The number of nitrogens with one attached hydrogen (secondary N) is 2. The quantitative estimate of drug-likeness (QED) is 0.219. The number of fused-ring (bicyclic) bond motifs is 1. The van der Waals surface area contributed by atoms with Crippen LogP contribution in [0.3, 0.4) is 0 Å². The van der Waals surface area contributed by atoms with Gasteiger partial charge in [-0.15, -0.1) is 0 Å². The van der Waals surface area contributed by atoms with E-state index in [-0.39, 0.29) is 18.2 Å². The Balaban J connectivity index is 0.000000480. The normalized spacial score (nSPS) is 11.9. The summed E-state index contributed by atoms with van der Waals surface area (Å²) >= 11 is 0. The number of carbonyl (C=O) groups excluding carboxylic acids is 3. The van der Waals surface area contributed by atoms with Crippen molar-refractivity contribution in [3.05, 3.63) is 101 Å². The Morgan fingerprint density at radius 2 is 1.63 bits per heavy atom. The SMILES string of the molecule is CCCN(CCC)C(=O)C1=Cc2ccc(C(=O)Nc3cccc(CNC=O)c3)cc2N=C(N)C1.CCCc1ccccc1. The Labute approximate surface area is 255 Å². The molecule has 8 nitrogen and oxygen atoms in total. The zero-order valence-electron chi connectivity index (χ0n) is 25.4. The van der Waals surface area contributed by atoms with Crippen LogP contribution in [0.5, 0.6) is 0 Å². The Kier molecular flexibility index (Phi) is 13.2. The molecule has 0 aromatic heterocycles. The Morgan fingerprint density at radius 1 is 0.907 bits per heavy atom. The summed E-state index contributed by atoms with van der Waals surface area (Å²) in [6, 6.07) is 23.0. The van der Waals surface area contributed by atoms with E-state index in [1.165, 1.54) is 18.4 Å². The number of anilines is 1. The largest absolute Gasteiger partial charge is 0.387 e. The molecule has 0 saturated carbocycles. The van der Waals surface area contributed by atoms with Crippen LogP contribution in [-0.2, 0) is 22.6 Å². The molecule has 0 atom stereocenters. The topological polar surface area (TPSA) is 117 Å².